The van der Waals surface area contributed by atoms with Crippen LogP contribution in [0.3, 0.4) is 0 Å². The number of nitrogens with one attached hydrogen (secondary N) is 1. The molecule has 1 N–H and O–H groups in total. The summed E-state index contributed by atoms with van der Waals surface area (Å²) >= 11 is 0. The minimum Gasteiger partial charge on any atom is -0.442 e. The van der Waals surface area contributed by atoms with Crippen LogP contribution in [0.2, 0.25) is 0 Å². The number of benzene rings is 1. The van der Waals surface area contributed by atoms with Crippen molar-refractivity contribution in [3.05, 3.63) is 48.0 Å². The molecule has 4 atom stereocenters. The molecular weight excluding hydrogens is 453 g/mol. The molecule has 0 unspecified atom stereocenters. The molecule has 0 bridgehead atoms. The topological polar surface area (TPSA) is 105 Å². The molecule has 3 fully saturated rings. The number of fused-ring (bicyclic) bond motifs is 1. The highest BCUT2D eigenvalue weighted by Crippen LogP contribution is 2.62. The number of hydrogen-bond donors (Lipinski definition) is 1. The molecule has 1 saturated carbocycles. The molecule has 11 heteroatoms. The Balaban J connectivity index is 1.28. The molecule has 0 radical (unpaired) electrons. The average Bonchev–Trinajstić information content (AvgIpc) is 3.12. The van der Waals surface area contributed by atoms with E-state index in [0.717, 1.165) is 4.90 Å². The minimum atomic E-state index is -3.17. The van der Waals surface area contributed by atoms with Gasteiger partial charge in [0.15, 0.2) is 0 Å². The molecule has 176 valence electrons. The van der Waals surface area contributed by atoms with Crippen molar-refractivity contribution >= 4 is 17.7 Å². The van der Waals surface area contributed by atoms with E-state index >= 15 is 0 Å². The zero-order chi connectivity index (χ0) is 24.0. The Kier molecular flexibility index (Phi) is 5.40. The summed E-state index contributed by atoms with van der Waals surface area (Å²) in [6, 6.07) is 10.0. The second kappa shape index (κ2) is 8.29. The van der Waals surface area contributed by atoms with Crippen LogP contribution in [-0.2, 0) is 19.7 Å². The van der Waals surface area contributed by atoms with Crippen molar-refractivity contribution in [2.75, 3.05) is 31.2 Å². The summed E-state index contributed by atoms with van der Waals surface area (Å²) in [7, 11) is 0. The van der Waals surface area contributed by atoms with Crippen LogP contribution in [0.25, 0.3) is 11.1 Å². The van der Waals surface area contributed by atoms with Gasteiger partial charge < -0.3 is 14.8 Å². The molecule has 8 nitrogen and oxygen atoms in total. The zero-order valence-electron chi connectivity index (χ0n) is 17.7. The van der Waals surface area contributed by atoms with Crippen LogP contribution < -0.4 is 10.2 Å². The fourth-order valence-corrected chi connectivity index (χ4v) is 4.79. The van der Waals surface area contributed by atoms with Gasteiger partial charge in [0.2, 0.25) is 0 Å². The van der Waals surface area contributed by atoms with Gasteiger partial charge in [0.05, 0.1) is 43.8 Å². The van der Waals surface area contributed by atoms with Gasteiger partial charge in [0, 0.05) is 29.2 Å². The summed E-state index contributed by atoms with van der Waals surface area (Å²) in [5, 5.41) is 11.7. The second-order valence-corrected chi connectivity index (χ2v) is 8.49. The van der Waals surface area contributed by atoms with E-state index in [9.17, 15) is 28.0 Å². The van der Waals surface area contributed by atoms with Crippen LogP contribution in [0.4, 0.5) is 23.7 Å². The fraction of sp³-hybridized carbons (Fsp3) is 0.391. The highest BCUT2D eigenvalue weighted by atomic mass is 19.3. The minimum absolute atomic E-state index is 0.0281. The van der Waals surface area contributed by atoms with Gasteiger partial charge in [-0.15, -0.1) is 0 Å². The summed E-state index contributed by atoms with van der Waals surface area (Å²) in [5.41, 5.74) is 1.02. The SMILES string of the molecule is N#C[C@]1(c2ccc(-c3ccc(N4C[C@H](CNC(=O)C(F)F)OC4=O)cc3F)cn2)[C@@H]2COC[C@@H]21. The van der Waals surface area contributed by atoms with Crippen molar-refractivity contribution in [1.82, 2.24) is 10.3 Å². The van der Waals surface area contributed by atoms with Crippen LogP contribution in [0.1, 0.15) is 5.69 Å². The van der Waals surface area contributed by atoms with Gasteiger partial charge in [0.1, 0.15) is 17.3 Å². The lowest BCUT2D eigenvalue weighted by atomic mass is 9.96. The zero-order valence-corrected chi connectivity index (χ0v) is 17.7. The molecule has 0 spiro atoms. The van der Waals surface area contributed by atoms with Crippen LogP contribution in [0, 0.1) is 29.0 Å². The molecule has 1 aromatic heterocycles. The van der Waals surface area contributed by atoms with E-state index in [2.05, 4.69) is 11.1 Å². The van der Waals surface area contributed by atoms with Crippen LogP contribution in [0.15, 0.2) is 36.5 Å². The summed E-state index contributed by atoms with van der Waals surface area (Å²) in [4.78, 5) is 28.8. The number of nitriles is 1. The van der Waals surface area contributed by atoms with E-state index in [0.29, 0.717) is 24.5 Å². The number of aromatic nitrogens is 1. The van der Waals surface area contributed by atoms with Gasteiger partial charge in [0.25, 0.3) is 5.91 Å². The number of pyridine rings is 1. The van der Waals surface area contributed by atoms with Crippen molar-refractivity contribution < 1.29 is 32.2 Å². The molecule has 2 aromatic rings. The van der Waals surface area contributed by atoms with E-state index in [1.54, 1.807) is 12.1 Å². The van der Waals surface area contributed by atoms with Crippen LogP contribution >= 0.6 is 0 Å². The lowest BCUT2D eigenvalue weighted by molar-refractivity contribution is -0.132. The Hall–Kier alpha value is -3.65. The Bertz CT molecular complexity index is 1170. The standard InChI is InChI=1S/C23H19F3N4O4/c24-18-5-13(30-8-14(34-22(30)32)7-29-21(31)20(25)26)2-3-15(18)12-1-4-19(28-6-12)23(11-27)16-9-33-10-17(16)23/h1-6,14,16-17,20H,7-10H2,(H,29,31)/t14-,16-,17+,23+/m0/s1. The first kappa shape index (κ1) is 22.2. The maximum atomic E-state index is 14.9. The maximum Gasteiger partial charge on any atom is 0.414 e. The number of hydrogen-bond acceptors (Lipinski definition) is 6. The van der Waals surface area contributed by atoms with Crippen molar-refractivity contribution in [3.8, 4) is 17.2 Å². The lowest BCUT2D eigenvalue weighted by Crippen LogP contribution is -2.37. The first-order valence-electron chi connectivity index (χ1n) is 10.6. The van der Waals surface area contributed by atoms with Gasteiger partial charge in [-0.2, -0.15) is 14.0 Å². The molecule has 1 aromatic carbocycles. The van der Waals surface area contributed by atoms with Gasteiger partial charge >= 0.3 is 12.5 Å². The first-order chi connectivity index (χ1) is 16.3. The highest BCUT2D eigenvalue weighted by Gasteiger charge is 2.70. The maximum absolute atomic E-state index is 14.9. The summed E-state index contributed by atoms with van der Waals surface area (Å²) < 4.78 is 50.0. The fourth-order valence-electron chi connectivity index (χ4n) is 4.79. The molecule has 3 heterocycles. The first-order valence-corrected chi connectivity index (χ1v) is 10.6. The van der Waals surface area contributed by atoms with Crippen molar-refractivity contribution in [2.45, 2.75) is 17.9 Å². The Labute approximate surface area is 192 Å². The molecule has 2 saturated heterocycles. The van der Waals surface area contributed by atoms with Gasteiger partial charge in [-0.25, -0.2) is 9.18 Å². The molecule has 34 heavy (non-hydrogen) atoms. The lowest BCUT2D eigenvalue weighted by Gasteiger charge is -2.15. The largest absolute Gasteiger partial charge is 0.442 e. The predicted molar refractivity (Wildman–Crippen MR) is 111 cm³/mol. The van der Waals surface area contributed by atoms with Gasteiger partial charge in [-0.05, 0) is 24.3 Å². The summed E-state index contributed by atoms with van der Waals surface area (Å²) in [5.74, 6) is -1.77. The third-order valence-electron chi connectivity index (χ3n) is 6.67. The molecule has 2 amide bonds. The van der Waals surface area contributed by atoms with E-state index in [-0.39, 0.29) is 36.2 Å². The molecular formula is C23H19F3N4O4. The number of anilines is 1. The Morgan fingerprint density at radius 3 is 2.68 bits per heavy atom. The Morgan fingerprint density at radius 2 is 2.06 bits per heavy atom. The number of carbonyl (C=O) groups excluding carboxylic acids is 2. The number of carbonyl (C=O) groups is 2. The molecule has 1 aliphatic carbocycles. The second-order valence-electron chi connectivity index (χ2n) is 8.49. The average molecular weight is 472 g/mol. The summed E-state index contributed by atoms with van der Waals surface area (Å²) in [6.07, 6.45) is -3.25. The number of cyclic esters (lactones) is 1. The van der Waals surface area contributed by atoms with E-state index in [1.807, 2.05) is 5.32 Å². The summed E-state index contributed by atoms with van der Waals surface area (Å²) in [6.45, 7) is 0.772. The van der Waals surface area contributed by atoms with Gasteiger partial charge in [-0.1, -0.05) is 6.07 Å². The third kappa shape index (κ3) is 3.54. The van der Waals surface area contributed by atoms with E-state index in [1.165, 1.54) is 24.4 Å². The normalized spacial score (nSPS) is 27.3. The Morgan fingerprint density at radius 1 is 1.29 bits per heavy atom. The number of nitrogens with zero attached hydrogens (tertiary/aromatic N) is 3. The quantitative estimate of drug-likeness (QED) is 0.693. The van der Waals surface area contributed by atoms with Gasteiger partial charge in [-0.3, -0.25) is 14.7 Å². The monoisotopic (exact) mass is 472 g/mol. The highest BCUT2D eigenvalue weighted by molar-refractivity contribution is 5.90. The van der Waals surface area contributed by atoms with Crippen molar-refractivity contribution in [1.29, 1.82) is 5.26 Å². The van der Waals surface area contributed by atoms with Crippen LogP contribution in [0.5, 0.6) is 0 Å². The molecule has 5 rings (SSSR count). The number of alkyl halides is 2. The van der Waals surface area contributed by atoms with E-state index < -0.39 is 35.8 Å². The van der Waals surface area contributed by atoms with Crippen LogP contribution in [-0.4, -0.2) is 55.8 Å². The number of rotatable bonds is 6. The van der Waals surface area contributed by atoms with E-state index in [4.69, 9.17) is 9.47 Å². The number of ether oxygens (including phenoxy) is 2. The predicted octanol–water partition coefficient (Wildman–Crippen LogP) is 2.63. The van der Waals surface area contributed by atoms with Crippen molar-refractivity contribution in [2.24, 2.45) is 11.8 Å². The third-order valence-corrected chi connectivity index (χ3v) is 6.67. The molecule has 2 aliphatic heterocycles. The number of amides is 2. The molecule has 3 aliphatic rings. The van der Waals surface area contributed by atoms with Crippen molar-refractivity contribution in [3.63, 3.8) is 0 Å². The number of halogens is 3. The smallest absolute Gasteiger partial charge is 0.414 e.